The zero-order chi connectivity index (χ0) is 18.8. The molecule has 1 unspecified atom stereocenters. The fourth-order valence-electron chi connectivity index (χ4n) is 2.77. The van der Waals surface area contributed by atoms with Crippen molar-refractivity contribution in [3.8, 4) is 22.1 Å². The first-order valence-electron chi connectivity index (χ1n) is 8.50. The molecule has 0 spiro atoms. The molecule has 0 radical (unpaired) electrons. The average molecular weight is 384 g/mol. The fourth-order valence-corrected chi connectivity index (χ4v) is 3.76. The topological polar surface area (TPSA) is 60.5 Å². The van der Waals surface area contributed by atoms with Gasteiger partial charge in [0, 0.05) is 5.56 Å². The normalized spacial score (nSPS) is 15.4. The first-order valence-corrected chi connectivity index (χ1v) is 9.32. The maximum Gasteiger partial charge on any atom is 0.263 e. The molecule has 1 N–H and O–H groups in total. The Morgan fingerprint density at radius 3 is 2.74 bits per heavy atom. The summed E-state index contributed by atoms with van der Waals surface area (Å²) in [6.07, 6.45) is -0.256. The summed E-state index contributed by atoms with van der Waals surface area (Å²) in [7, 11) is 0. The summed E-state index contributed by atoms with van der Waals surface area (Å²) in [6.45, 7) is 2.49. The highest BCUT2D eigenvalue weighted by Crippen LogP contribution is 2.31. The van der Waals surface area contributed by atoms with Crippen molar-refractivity contribution >= 4 is 17.2 Å². The third-order valence-electron chi connectivity index (χ3n) is 4.15. The number of benzene rings is 2. The first-order chi connectivity index (χ1) is 13.1. The van der Waals surface area contributed by atoms with E-state index in [1.54, 1.807) is 19.1 Å². The number of para-hydroxylation sites is 2. The standard InChI is InChI=1S/C20H17FN2O3S/c1-12-18(27-20(23-12)13-6-8-14(21)9-7-13)19(24)22-10-15-11-25-16-4-2-3-5-17(16)26-15/h2-9,15H,10-11H2,1H3,(H,22,24). The fraction of sp³-hybridized carbons (Fsp3) is 0.200. The highest BCUT2D eigenvalue weighted by atomic mass is 32.1. The van der Waals surface area contributed by atoms with Crippen LogP contribution < -0.4 is 14.8 Å². The molecule has 3 aromatic rings. The van der Waals surface area contributed by atoms with Crippen LogP contribution in [0.5, 0.6) is 11.5 Å². The number of thiazole rings is 1. The molecule has 7 heteroatoms. The van der Waals surface area contributed by atoms with Crippen LogP contribution in [0.1, 0.15) is 15.4 Å². The predicted octanol–water partition coefficient (Wildman–Crippen LogP) is 3.83. The van der Waals surface area contributed by atoms with E-state index in [0.29, 0.717) is 40.2 Å². The van der Waals surface area contributed by atoms with Gasteiger partial charge >= 0.3 is 0 Å². The summed E-state index contributed by atoms with van der Waals surface area (Å²) < 4.78 is 24.6. The number of amides is 1. The molecule has 1 atom stereocenters. The second-order valence-electron chi connectivity index (χ2n) is 6.15. The highest BCUT2D eigenvalue weighted by molar-refractivity contribution is 7.17. The van der Waals surface area contributed by atoms with E-state index in [1.807, 2.05) is 24.3 Å². The molecular weight excluding hydrogens is 367 g/mol. The van der Waals surface area contributed by atoms with Gasteiger partial charge in [-0.05, 0) is 43.3 Å². The molecule has 0 saturated heterocycles. The minimum atomic E-state index is -0.304. The number of hydrogen-bond donors (Lipinski definition) is 1. The van der Waals surface area contributed by atoms with Gasteiger partial charge in [-0.2, -0.15) is 0 Å². The maximum atomic E-state index is 13.1. The number of ether oxygens (including phenoxy) is 2. The number of aryl methyl sites for hydroxylation is 1. The van der Waals surface area contributed by atoms with Gasteiger partial charge in [0.2, 0.25) is 0 Å². The Hall–Kier alpha value is -2.93. The monoisotopic (exact) mass is 384 g/mol. The molecule has 0 fully saturated rings. The Kier molecular flexibility index (Phi) is 4.77. The van der Waals surface area contributed by atoms with E-state index in [4.69, 9.17) is 9.47 Å². The number of nitrogens with one attached hydrogen (secondary N) is 1. The lowest BCUT2D eigenvalue weighted by Gasteiger charge is -2.26. The second kappa shape index (κ2) is 7.36. The number of hydrogen-bond acceptors (Lipinski definition) is 5. The van der Waals surface area contributed by atoms with Crippen molar-refractivity contribution in [2.24, 2.45) is 0 Å². The molecule has 1 aliphatic heterocycles. The number of aromatic nitrogens is 1. The number of carbonyl (C=O) groups excluding carboxylic acids is 1. The molecule has 2 aromatic carbocycles. The summed E-state index contributed by atoms with van der Waals surface area (Å²) >= 11 is 1.28. The summed E-state index contributed by atoms with van der Waals surface area (Å²) in [4.78, 5) is 17.5. The molecule has 1 aliphatic rings. The number of carbonyl (C=O) groups is 1. The summed E-state index contributed by atoms with van der Waals surface area (Å²) in [6, 6.07) is 13.5. The highest BCUT2D eigenvalue weighted by Gasteiger charge is 2.22. The number of rotatable bonds is 4. The molecule has 0 aliphatic carbocycles. The SMILES string of the molecule is Cc1nc(-c2ccc(F)cc2)sc1C(=O)NCC1COc2ccccc2O1. The van der Waals surface area contributed by atoms with Crippen LogP contribution in [0.4, 0.5) is 4.39 Å². The molecular formula is C20H17FN2O3S. The van der Waals surface area contributed by atoms with E-state index in [1.165, 1.54) is 23.5 Å². The molecule has 138 valence electrons. The lowest BCUT2D eigenvalue weighted by atomic mass is 10.2. The van der Waals surface area contributed by atoms with Crippen molar-refractivity contribution in [3.05, 3.63) is 64.9 Å². The maximum absolute atomic E-state index is 13.1. The van der Waals surface area contributed by atoms with Gasteiger partial charge in [-0.3, -0.25) is 4.79 Å². The van der Waals surface area contributed by atoms with Crippen LogP contribution in [0.3, 0.4) is 0 Å². The quantitative estimate of drug-likeness (QED) is 0.743. The molecule has 1 aromatic heterocycles. The van der Waals surface area contributed by atoms with E-state index in [-0.39, 0.29) is 17.8 Å². The number of nitrogens with zero attached hydrogens (tertiary/aromatic N) is 1. The second-order valence-corrected chi connectivity index (χ2v) is 7.15. The predicted molar refractivity (Wildman–Crippen MR) is 101 cm³/mol. The van der Waals surface area contributed by atoms with Crippen LogP contribution in [0, 0.1) is 12.7 Å². The lowest BCUT2D eigenvalue weighted by molar-refractivity contribution is 0.0791. The van der Waals surface area contributed by atoms with Gasteiger partial charge < -0.3 is 14.8 Å². The summed E-state index contributed by atoms with van der Waals surface area (Å²) in [5.74, 6) is 0.875. The Labute approximate surface area is 159 Å². The van der Waals surface area contributed by atoms with Crippen molar-refractivity contribution in [1.29, 1.82) is 0 Å². The minimum Gasteiger partial charge on any atom is -0.486 e. The largest absolute Gasteiger partial charge is 0.486 e. The third-order valence-corrected chi connectivity index (χ3v) is 5.36. The molecule has 5 nitrogen and oxygen atoms in total. The number of fused-ring (bicyclic) bond motifs is 1. The van der Waals surface area contributed by atoms with Gasteiger partial charge in [0.1, 0.15) is 28.4 Å². The Morgan fingerprint density at radius 2 is 1.96 bits per heavy atom. The van der Waals surface area contributed by atoms with Gasteiger partial charge in [-0.1, -0.05) is 12.1 Å². The minimum absolute atomic E-state index is 0.208. The van der Waals surface area contributed by atoms with E-state index in [9.17, 15) is 9.18 Å². The van der Waals surface area contributed by atoms with Gasteiger partial charge in [0.05, 0.1) is 12.2 Å². The molecule has 27 heavy (non-hydrogen) atoms. The molecule has 2 heterocycles. The van der Waals surface area contributed by atoms with Crippen molar-refractivity contribution in [3.63, 3.8) is 0 Å². The van der Waals surface area contributed by atoms with Gasteiger partial charge in [0.25, 0.3) is 5.91 Å². The third kappa shape index (κ3) is 3.78. The van der Waals surface area contributed by atoms with Crippen LogP contribution in [-0.2, 0) is 0 Å². The van der Waals surface area contributed by atoms with Gasteiger partial charge in [-0.25, -0.2) is 9.37 Å². The van der Waals surface area contributed by atoms with Gasteiger partial charge in [0.15, 0.2) is 11.5 Å². The van der Waals surface area contributed by atoms with E-state index < -0.39 is 0 Å². The molecule has 0 bridgehead atoms. The smallest absolute Gasteiger partial charge is 0.263 e. The van der Waals surface area contributed by atoms with E-state index >= 15 is 0 Å². The lowest BCUT2D eigenvalue weighted by Crippen LogP contribution is -2.40. The van der Waals surface area contributed by atoms with Crippen molar-refractivity contribution in [2.75, 3.05) is 13.2 Å². The van der Waals surface area contributed by atoms with E-state index in [0.717, 1.165) is 5.56 Å². The average Bonchev–Trinajstić information content (AvgIpc) is 3.08. The zero-order valence-electron chi connectivity index (χ0n) is 14.6. The zero-order valence-corrected chi connectivity index (χ0v) is 15.4. The summed E-state index contributed by atoms with van der Waals surface area (Å²) in [5, 5.41) is 3.56. The van der Waals surface area contributed by atoms with Crippen LogP contribution in [-0.4, -0.2) is 30.1 Å². The Bertz CT molecular complexity index is 972. The number of halogens is 1. The van der Waals surface area contributed by atoms with E-state index in [2.05, 4.69) is 10.3 Å². The van der Waals surface area contributed by atoms with Crippen LogP contribution >= 0.6 is 11.3 Å². The van der Waals surface area contributed by atoms with Gasteiger partial charge in [-0.15, -0.1) is 11.3 Å². The molecule has 0 saturated carbocycles. The van der Waals surface area contributed by atoms with Crippen LogP contribution in [0.25, 0.3) is 10.6 Å². The molecule has 1 amide bonds. The first kappa shape index (κ1) is 17.5. The Balaban J connectivity index is 1.41. The van der Waals surface area contributed by atoms with Crippen LogP contribution in [0.15, 0.2) is 48.5 Å². The van der Waals surface area contributed by atoms with Crippen molar-refractivity contribution in [2.45, 2.75) is 13.0 Å². The summed E-state index contributed by atoms with van der Waals surface area (Å²) in [5.41, 5.74) is 1.42. The van der Waals surface area contributed by atoms with Crippen molar-refractivity contribution in [1.82, 2.24) is 10.3 Å². The van der Waals surface area contributed by atoms with Crippen molar-refractivity contribution < 1.29 is 18.7 Å². The molecule has 4 rings (SSSR count). The van der Waals surface area contributed by atoms with Crippen LogP contribution in [0.2, 0.25) is 0 Å². The Morgan fingerprint density at radius 1 is 1.22 bits per heavy atom.